The van der Waals surface area contributed by atoms with E-state index in [-0.39, 0.29) is 12.5 Å². The van der Waals surface area contributed by atoms with Gasteiger partial charge >= 0.3 is 0 Å². The molecule has 2 aliphatic heterocycles. The minimum absolute atomic E-state index is 0.282. The van der Waals surface area contributed by atoms with E-state index in [0.717, 1.165) is 37.0 Å². The molecule has 4 rings (SSSR count). The van der Waals surface area contributed by atoms with E-state index in [1.54, 1.807) is 17.0 Å². The lowest BCUT2D eigenvalue weighted by atomic mass is 10.1. The highest BCUT2D eigenvalue weighted by atomic mass is 35.5. The van der Waals surface area contributed by atoms with Crippen LogP contribution in [-0.2, 0) is 26.6 Å². The lowest BCUT2D eigenvalue weighted by Crippen LogP contribution is -2.47. The Kier molecular flexibility index (Phi) is 6.54. The molecule has 0 bridgehead atoms. The van der Waals surface area contributed by atoms with Crippen LogP contribution in [-0.4, -0.2) is 25.7 Å². The third-order valence-electron chi connectivity index (χ3n) is 5.43. The van der Waals surface area contributed by atoms with E-state index < -0.39 is 5.79 Å². The normalized spacial score (nSPS) is 17.4. The number of hydrogen-bond donors (Lipinski definition) is 0. The van der Waals surface area contributed by atoms with Gasteiger partial charge in [-0.05, 0) is 31.0 Å². The number of hydrogen-bond acceptors (Lipinski definition) is 4. The van der Waals surface area contributed by atoms with Crippen LogP contribution >= 0.6 is 23.2 Å². The van der Waals surface area contributed by atoms with E-state index in [9.17, 15) is 4.79 Å². The molecule has 1 fully saturated rings. The number of halogens is 2. The van der Waals surface area contributed by atoms with Crippen LogP contribution in [0.25, 0.3) is 0 Å². The summed E-state index contributed by atoms with van der Waals surface area (Å²) >= 11 is 12.8. The molecule has 5 nitrogen and oxygen atoms in total. The maximum Gasteiger partial charge on any atom is 0.292 e. The van der Waals surface area contributed by atoms with Crippen molar-refractivity contribution in [3.8, 4) is 5.75 Å². The number of carbonyl (C=O) groups is 1. The van der Waals surface area contributed by atoms with Crippen molar-refractivity contribution in [3.05, 3.63) is 57.6 Å². The highest BCUT2D eigenvalue weighted by molar-refractivity contribution is 6.44. The summed E-state index contributed by atoms with van der Waals surface area (Å²) in [5, 5.41) is 0.698. The maximum atomic E-state index is 13.6. The first-order valence-electron chi connectivity index (χ1n) is 10.4. The predicted molar refractivity (Wildman–Crippen MR) is 117 cm³/mol. The summed E-state index contributed by atoms with van der Waals surface area (Å²) < 4.78 is 17.8. The molecule has 2 aromatic rings. The maximum absolute atomic E-state index is 13.6. The van der Waals surface area contributed by atoms with Crippen LogP contribution in [0.15, 0.2) is 36.4 Å². The number of rotatable bonds is 7. The number of amides is 1. The van der Waals surface area contributed by atoms with Gasteiger partial charge in [0.1, 0.15) is 5.75 Å². The van der Waals surface area contributed by atoms with Gasteiger partial charge in [0.05, 0.1) is 42.1 Å². The van der Waals surface area contributed by atoms with E-state index >= 15 is 0 Å². The van der Waals surface area contributed by atoms with E-state index in [4.69, 9.17) is 37.4 Å². The Morgan fingerprint density at radius 2 is 1.87 bits per heavy atom. The van der Waals surface area contributed by atoms with Crippen LogP contribution in [0.5, 0.6) is 5.75 Å². The molecule has 0 atom stereocenters. The standard InChI is InChI=1S/C23H25Cl2NO4/c1-2-3-6-12-28-19-9-5-4-8-16(19)15-26-21-17(10-11-18(24)20(21)25)23(22(26)27)29-13-7-14-30-23/h4-5,8-11H,2-3,6-7,12-15H2,1H3. The van der Waals surface area contributed by atoms with Crippen molar-refractivity contribution in [3.63, 3.8) is 0 Å². The van der Waals surface area contributed by atoms with E-state index in [2.05, 4.69) is 6.92 Å². The van der Waals surface area contributed by atoms with Gasteiger partial charge < -0.3 is 19.1 Å². The summed E-state index contributed by atoms with van der Waals surface area (Å²) in [5.74, 6) is -0.992. The highest BCUT2D eigenvalue weighted by Gasteiger charge is 2.55. The van der Waals surface area contributed by atoms with Crippen molar-refractivity contribution in [2.45, 2.75) is 44.9 Å². The monoisotopic (exact) mass is 449 g/mol. The molecule has 1 amide bonds. The Balaban J connectivity index is 1.68. The number of carbonyl (C=O) groups excluding carboxylic acids is 1. The first-order valence-corrected chi connectivity index (χ1v) is 11.1. The molecule has 0 radical (unpaired) electrons. The van der Waals surface area contributed by atoms with E-state index in [1.807, 2.05) is 24.3 Å². The molecule has 160 valence electrons. The van der Waals surface area contributed by atoms with Crippen molar-refractivity contribution >= 4 is 34.8 Å². The van der Waals surface area contributed by atoms with Gasteiger partial charge in [0, 0.05) is 11.1 Å². The average molecular weight is 450 g/mol. The molecule has 2 aliphatic rings. The molecule has 0 saturated carbocycles. The number of benzene rings is 2. The SMILES string of the molecule is CCCCCOc1ccccc1CN1C(=O)C2(OCCCO2)c2ccc(Cl)c(Cl)c21. The van der Waals surface area contributed by atoms with Crippen molar-refractivity contribution in [1.29, 1.82) is 0 Å². The molecule has 1 spiro atoms. The summed E-state index contributed by atoms with van der Waals surface area (Å²) in [6.07, 6.45) is 3.97. The van der Waals surface area contributed by atoms with Crippen molar-refractivity contribution in [1.82, 2.24) is 0 Å². The van der Waals surface area contributed by atoms with Gasteiger partial charge in [-0.2, -0.15) is 0 Å². The number of nitrogens with zero attached hydrogens (tertiary/aromatic N) is 1. The number of unbranched alkanes of at least 4 members (excludes halogenated alkanes) is 2. The molecule has 0 N–H and O–H groups in total. The second-order valence-electron chi connectivity index (χ2n) is 7.48. The van der Waals surface area contributed by atoms with Gasteiger partial charge in [0.15, 0.2) is 0 Å². The minimum Gasteiger partial charge on any atom is -0.493 e. The number of ether oxygens (including phenoxy) is 3. The molecule has 2 heterocycles. The molecular formula is C23H25Cl2NO4. The lowest BCUT2D eigenvalue weighted by Gasteiger charge is -2.32. The molecule has 2 aromatic carbocycles. The molecule has 0 aromatic heterocycles. The van der Waals surface area contributed by atoms with Gasteiger partial charge in [-0.15, -0.1) is 0 Å². The fraction of sp³-hybridized carbons (Fsp3) is 0.435. The Labute approximate surface area is 186 Å². The van der Waals surface area contributed by atoms with Crippen LogP contribution in [0.2, 0.25) is 10.0 Å². The zero-order valence-corrected chi connectivity index (χ0v) is 18.5. The van der Waals surface area contributed by atoms with Crippen molar-refractivity contribution < 1.29 is 19.0 Å². The van der Waals surface area contributed by atoms with Gasteiger partial charge in [-0.25, -0.2) is 0 Å². The van der Waals surface area contributed by atoms with Crippen LogP contribution in [0, 0.1) is 0 Å². The minimum atomic E-state index is -1.46. The van der Waals surface area contributed by atoms with E-state index in [1.165, 1.54) is 0 Å². The summed E-state index contributed by atoms with van der Waals surface area (Å²) in [6, 6.07) is 11.2. The second-order valence-corrected chi connectivity index (χ2v) is 8.26. The smallest absolute Gasteiger partial charge is 0.292 e. The third kappa shape index (κ3) is 3.80. The Morgan fingerprint density at radius 1 is 1.10 bits per heavy atom. The fourth-order valence-corrected chi connectivity index (χ4v) is 4.33. The molecule has 0 unspecified atom stereocenters. The largest absolute Gasteiger partial charge is 0.493 e. The summed E-state index contributed by atoms with van der Waals surface area (Å²) in [6.45, 7) is 3.96. The highest BCUT2D eigenvalue weighted by Crippen LogP contribution is 2.50. The third-order valence-corrected chi connectivity index (χ3v) is 6.22. The Hall–Kier alpha value is -1.79. The second kappa shape index (κ2) is 9.15. The van der Waals surface area contributed by atoms with Crippen LogP contribution < -0.4 is 9.64 Å². The van der Waals surface area contributed by atoms with Crippen molar-refractivity contribution in [2.24, 2.45) is 0 Å². The Morgan fingerprint density at radius 3 is 2.63 bits per heavy atom. The van der Waals surface area contributed by atoms with Gasteiger partial charge in [-0.3, -0.25) is 4.79 Å². The molecule has 7 heteroatoms. The topological polar surface area (TPSA) is 48.0 Å². The fourth-order valence-electron chi connectivity index (χ4n) is 3.91. The molecule has 1 saturated heterocycles. The Bertz CT molecular complexity index is 927. The summed E-state index contributed by atoms with van der Waals surface area (Å²) in [5.41, 5.74) is 2.02. The zero-order valence-electron chi connectivity index (χ0n) is 17.0. The van der Waals surface area contributed by atoms with E-state index in [0.29, 0.717) is 41.1 Å². The van der Waals surface area contributed by atoms with Gasteiger partial charge in [-0.1, -0.05) is 61.2 Å². The molecule has 0 aliphatic carbocycles. The van der Waals surface area contributed by atoms with Crippen molar-refractivity contribution in [2.75, 3.05) is 24.7 Å². The zero-order chi connectivity index (χ0) is 21.1. The number of fused-ring (bicyclic) bond motifs is 2. The van der Waals surface area contributed by atoms with Crippen LogP contribution in [0.1, 0.15) is 43.7 Å². The summed E-state index contributed by atoms with van der Waals surface area (Å²) in [4.78, 5) is 15.2. The molecule has 30 heavy (non-hydrogen) atoms. The summed E-state index contributed by atoms with van der Waals surface area (Å²) in [7, 11) is 0. The van der Waals surface area contributed by atoms with Crippen LogP contribution in [0.3, 0.4) is 0 Å². The molecular weight excluding hydrogens is 425 g/mol. The van der Waals surface area contributed by atoms with Gasteiger partial charge in [0.25, 0.3) is 11.7 Å². The quantitative estimate of drug-likeness (QED) is 0.508. The first kappa shape index (κ1) is 21.4. The lowest BCUT2D eigenvalue weighted by molar-refractivity contribution is -0.256. The average Bonchev–Trinajstić information content (AvgIpc) is 2.98. The van der Waals surface area contributed by atoms with Gasteiger partial charge in [0.2, 0.25) is 0 Å². The first-order chi connectivity index (χ1) is 14.6. The number of para-hydroxylation sites is 1. The predicted octanol–water partition coefficient (Wildman–Crippen LogP) is 5.70. The van der Waals surface area contributed by atoms with Crippen LogP contribution in [0.4, 0.5) is 5.69 Å². The number of anilines is 1.